The van der Waals surface area contributed by atoms with Crippen LogP contribution in [-0.4, -0.2) is 35.6 Å². The van der Waals surface area contributed by atoms with E-state index in [-0.39, 0.29) is 11.9 Å². The first-order chi connectivity index (χ1) is 15.4. The number of nitrogens with zero attached hydrogens (tertiary/aromatic N) is 3. The lowest BCUT2D eigenvalue weighted by atomic mass is 9.92. The Labute approximate surface area is 196 Å². The molecule has 1 aliphatic rings. The SMILES string of the molecule is COC(=O)CC(C)c1ccc(N(CC(C)C)C2CCCCC2)c(Nc2cnc(Cl)cn2)c1. The molecule has 1 aromatic heterocycles. The lowest BCUT2D eigenvalue weighted by Gasteiger charge is -2.38. The number of hydrogen-bond acceptors (Lipinski definition) is 6. The molecule has 1 N–H and O–H groups in total. The molecule has 1 aromatic carbocycles. The molecule has 1 heterocycles. The Morgan fingerprint density at radius 1 is 1.19 bits per heavy atom. The van der Waals surface area contributed by atoms with Crippen molar-refractivity contribution in [2.75, 3.05) is 23.9 Å². The summed E-state index contributed by atoms with van der Waals surface area (Å²) in [7, 11) is 1.43. The van der Waals surface area contributed by atoms with Gasteiger partial charge in [-0.3, -0.25) is 4.79 Å². The summed E-state index contributed by atoms with van der Waals surface area (Å²) in [6.07, 6.45) is 9.83. The van der Waals surface area contributed by atoms with Crippen LogP contribution >= 0.6 is 11.6 Å². The van der Waals surface area contributed by atoms with Crippen LogP contribution in [0.5, 0.6) is 0 Å². The summed E-state index contributed by atoms with van der Waals surface area (Å²) < 4.78 is 4.87. The number of esters is 1. The summed E-state index contributed by atoms with van der Waals surface area (Å²) in [5, 5.41) is 3.83. The molecule has 32 heavy (non-hydrogen) atoms. The van der Waals surface area contributed by atoms with Gasteiger partial charge < -0.3 is 15.0 Å². The number of nitrogens with one attached hydrogen (secondary N) is 1. The summed E-state index contributed by atoms with van der Waals surface area (Å²) in [5.74, 6) is 1.02. The van der Waals surface area contributed by atoms with E-state index in [1.54, 1.807) is 12.4 Å². The predicted octanol–water partition coefficient (Wildman–Crippen LogP) is 6.34. The Hall–Kier alpha value is -2.34. The molecule has 1 aliphatic carbocycles. The van der Waals surface area contributed by atoms with Crippen molar-refractivity contribution in [3.63, 3.8) is 0 Å². The average molecular weight is 459 g/mol. The van der Waals surface area contributed by atoms with Crippen molar-refractivity contribution in [1.29, 1.82) is 0 Å². The quantitative estimate of drug-likeness (QED) is 0.442. The second-order valence-electron chi connectivity index (χ2n) is 9.15. The molecule has 1 unspecified atom stereocenters. The van der Waals surface area contributed by atoms with Crippen molar-refractivity contribution in [2.24, 2.45) is 5.92 Å². The van der Waals surface area contributed by atoms with Crippen molar-refractivity contribution in [1.82, 2.24) is 9.97 Å². The van der Waals surface area contributed by atoms with E-state index in [9.17, 15) is 4.79 Å². The van der Waals surface area contributed by atoms with Gasteiger partial charge in [0.15, 0.2) is 0 Å². The maximum atomic E-state index is 11.8. The molecular weight excluding hydrogens is 424 g/mol. The molecule has 6 nitrogen and oxygen atoms in total. The molecule has 0 radical (unpaired) electrons. The lowest BCUT2D eigenvalue weighted by Crippen LogP contribution is -2.39. The molecule has 0 saturated heterocycles. The molecule has 1 atom stereocenters. The van der Waals surface area contributed by atoms with Gasteiger partial charge in [-0.1, -0.05) is 57.7 Å². The maximum Gasteiger partial charge on any atom is 0.306 e. The predicted molar refractivity (Wildman–Crippen MR) is 131 cm³/mol. The number of ether oxygens (including phenoxy) is 1. The summed E-state index contributed by atoms with van der Waals surface area (Å²) in [6, 6.07) is 6.99. The zero-order valence-electron chi connectivity index (χ0n) is 19.6. The largest absolute Gasteiger partial charge is 0.469 e. The van der Waals surface area contributed by atoms with E-state index in [4.69, 9.17) is 16.3 Å². The Balaban J connectivity index is 1.99. The Kier molecular flexibility index (Phi) is 8.74. The number of benzene rings is 1. The summed E-state index contributed by atoms with van der Waals surface area (Å²) in [6.45, 7) is 7.56. The lowest BCUT2D eigenvalue weighted by molar-refractivity contribution is -0.140. The fraction of sp³-hybridized carbons (Fsp3) is 0.560. The van der Waals surface area contributed by atoms with E-state index in [1.807, 2.05) is 6.92 Å². The second-order valence-corrected chi connectivity index (χ2v) is 9.53. The summed E-state index contributed by atoms with van der Waals surface area (Å²) in [4.78, 5) is 22.9. The van der Waals surface area contributed by atoms with Crippen molar-refractivity contribution < 1.29 is 9.53 Å². The van der Waals surface area contributed by atoms with E-state index in [0.29, 0.717) is 29.4 Å². The van der Waals surface area contributed by atoms with Crippen LogP contribution < -0.4 is 10.2 Å². The van der Waals surface area contributed by atoms with Gasteiger partial charge in [0.05, 0.1) is 37.3 Å². The van der Waals surface area contributed by atoms with Gasteiger partial charge in [-0.25, -0.2) is 9.97 Å². The highest BCUT2D eigenvalue weighted by atomic mass is 35.5. The molecule has 0 bridgehead atoms. The van der Waals surface area contributed by atoms with Crippen LogP contribution in [0.4, 0.5) is 17.2 Å². The molecule has 2 aromatic rings. The molecule has 1 fully saturated rings. The normalized spacial score (nSPS) is 15.4. The van der Waals surface area contributed by atoms with E-state index in [2.05, 4.69) is 52.2 Å². The number of anilines is 3. The number of hydrogen-bond donors (Lipinski definition) is 1. The molecule has 0 spiro atoms. The molecule has 174 valence electrons. The number of carbonyl (C=O) groups is 1. The fourth-order valence-corrected chi connectivity index (χ4v) is 4.50. The first-order valence-corrected chi connectivity index (χ1v) is 12.0. The number of carbonyl (C=O) groups excluding carboxylic acids is 1. The van der Waals surface area contributed by atoms with E-state index >= 15 is 0 Å². The van der Waals surface area contributed by atoms with Crippen LogP contribution in [0, 0.1) is 5.92 Å². The molecule has 0 amide bonds. The number of rotatable bonds is 9. The minimum atomic E-state index is -0.205. The third-order valence-corrected chi connectivity index (χ3v) is 6.26. The number of methoxy groups -OCH3 is 1. The topological polar surface area (TPSA) is 67.3 Å². The van der Waals surface area contributed by atoms with Gasteiger partial charge >= 0.3 is 5.97 Å². The monoisotopic (exact) mass is 458 g/mol. The first kappa shape index (κ1) is 24.3. The highest BCUT2D eigenvalue weighted by Gasteiger charge is 2.25. The van der Waals surface area contributed by atoms with E-state index in [0.717, 1.165) is 23.5 Å². The van der Waals surface area contributed by atoms with Gasteiger partial charge in [-0.05, 0) is 42.4 Å². The molecule has 3 rings (SSSR count). The zero-order chi connectivity index (χ0) is 23.1. The van der Waals surface area contributed by atoms with Gasteiger partial charge in [-0.15, -0.1) is 0 Å². The van der Waals surface area contributed by atoms with Gasteiger partial charge in [-0.2, -0.15) is 0 Å². The molecule has 0 aliphatic heterocycles. The molecule has 7 heteroatoms. The highest BCUT2D eigenvalue weighted by molar-refractivity contribution is 6.29. The number of aromatic nitrogens is 2. The molecule has 1 saturated carbocycles. The van der Waals surface area contributed by atoms with Crippen molar-refractivity contribution in [3.8, 4) is 0 Å². The maximum absolute atomic E-state index is 11.8. The standard InChI is InChI=1S/C25H35ClN4O2/c1-17(2)16-30(20-8-6-5-7-9-20)22-11-10-19(18(3)12-25(31)32-4)13-21(22)29-24-15-27-23(26)14-28-24/h10-11,13-15,17-18,20H,5-9,12,16H2,1-4H3,(H,28,29). The van der Waals surface area contributed by atoms with E-state index < -0.39 is 0 Å². The van der Waals surface area contributed by atoms with Gasteiger partial charge in [0, 0.05) is 12.6 Å². The Bertz CT molecular complexity index is 882. The Morgan fingerprint density at radius 3 is 2.56 bits per heavy atom. The van der Waals surface area contributed by atoms with Crippen molar-refractivity contribution >= 4 is 34.8 Å². The first-order valence-electron chi connectivity index (χ1n) is 11.6. The summed E-state index contributed by atoms with van der Waals surface area (Å²) >= 11 is 5.93. The van der Waals surface area contributed by atoms with Gasteiger partial charge in [0.25, 0.3) is 0 Å². The Morgan fingerprint density at radius 2 is 1.94 bits per heavy atom. The van der Waals surface area contributed by atoms with Gasteiger partial charge in [0.2, 0.25) is 0 Å². The third-order valence-electron chi connectivity index (χ3n) is 6.06. The smallest absolute Gasteiger partial charge is 0.306 e. The van der Waals surface area contributed by atoms with Crippen LogP contribution in [0.25, 0.3) is 0 Å². The van der Waals surface area contributed by atoms with E-state index in [1.165, 1.54) is 39.2 Å². The fourth-order valence-electron chi connectivity index (χ4n) is 4.41. The second kappa shape index (κ2) is 11.5. The zero-order valence-corrected chi connectivity index (χ0v) is 20.4. The van der Waals surface area contributed by atoms with Crippen molar-refractivity contribution in [2.45, 2.75) is 71.3 Å². The summed E-state index contributed by atoms with van der Waals surface area (Å²) in [5.41, 5.74) is 3.22. The third kappa shape index (κ3) is 6.58. The van der Waals surface area contributed by atoms with Gasteiger partial charge in [0.1, 0.15) is 11.0 Å². The van der Waals surface area contributed by atoms with Crippen LogP contribution in [-0.2, 0) is 9.53 Å². The average Bonchev–Trinajstić information content (AvgIpc) is 2.79. The minimum absolute atomic E-state index is 0.0431. The highest BCUT2D eigenvalue weighted by Crippen LogP contribution is 2.37. The minimum Gasteiger partial charge on any atom is -0.469 e. The van der Waals surface area contributed by atoms with Crippen molar-refractivity contribution in [3.05, 3.63) is 41.3 Å². The molecular formula is C25H35ClN4O2. The number of halogens is 1. The van der Waals surface area contributed by atoms with Crippen LogP contribution in [0.15, 0.2) is 30.6 Å². The van der Waals surface area contributed by atoms with Crippen LogP contribution in [0.3, 0.4) is 0 Å². The van der Waals surface area contributed by atoms with Crippen LogP contribution in [0.1, 0.15) is 70.8 Å². The van der Waals surface area contributed by atoms with Crippen LogP contribution in [0.2, 0.25) is 5.15 Å².